The summed E-state index contributed by atoms with van der Waals surface area (Å²) in [5.41, 5.74) is -2.36. The fourth-order valence-corrected chi connectivity index (χ4v) is 1.61. The van der Waals surface area contributed by atoms with E-state index in [0.29, 0.717) is 26.1 Å². The number of hydrogen-bond acceptors (Lipinski definition) is 3. The van der Waals surface area contributed by atoms with E-state index >= 15 is 0 Å². The summed E-state index contributed by atoms with van der Waals surface area (Å²) >= 11 is 0. The molecule has 1 heterocycles. The van der Waals surface area contributed by atoms with Gasteiger partial charge in [0.05, 0.1) is 6.07 Å². The second-order valence-electron chi connectivity index (χ2n) is 3.77. The van der Waals surface area contributed by atoms with Crippen molar-refractivity contribution in [2.24, 2.45) is 0 Å². The second kappa shape index (κ2) is 4.37. The van der Waals surface area contributed by atoms with E-state index in [-0.39, 0.29) is 6.54 Å². The van der Waals surface area contributed by atoms with E-state index < -0.39 is 11.7 Å². The largest absolute Gasteiger partial charge is 0.420 e. The molecule has 1 atom stereocenters. The van der Waals surface area contributed by atoms with Crippen LogP contribution in [0.1, 0.15) is 13.3 Å². The Bertz CT molecular complexity index is 250. The molecule has 0 aromatic carbocycles. The molecule has 0 amide bonds. The molecule has 6 heteroatoms. The Morgan fingerprint density at radius 2 is 1.93 bits per heavy atom. The third-order valence-electron chi connectivity index (χ3n) is 2.74. The molecule has 1 N–H and O–H groups in total. The molecule has 86 valence electrons. The minimum absolute atomic E-state index is 0.254. The average Bonchev–Trinajstić information content (AvgIpc) is 2.43. The highest BCUT2D eigenvalue weighted by molar-refractivity contribution is 5.10. The smallest absolute Gasteiger partial charge is 0.315 e. The summed E-state index contributed by atoms with van der Waals surface area (Å²) in [6, 6.07) is 1.39. The Morgan fingerprint density at radius 3 is 2.47 bits per heavy atom. The van der Waals surface area contributed by atoms with Crippen molar-refractivity contribution in [2.75, 3.05) is 26.2 Å². The highest BCUT2D eigenvalue weighted by Gasteiger charge is 2.55. The zero-order valence-corrected chi connectivity index (χ0v) is 8.56. The van der Waals surface area contributed by atoms with Crippen LogP contribution in [0.25, 0.3) is 0 Å². The van der Waals surface area contributed by atoms with Gasteiger partial charge in [-0.3, -0.25) is 4.90 Å². The zero-order chi connectivity index (χ0) is 11.5. The van der Waals surface area contributed by atoms with E-state index in [1.54, 1.807) is 0 Å². The molecule has 15 heavy (non-hydrogen) atoms. The molecule has 0 radical (unpaired) electrons. The van der Waals surface area contributed by atoms with Crippen molar-refractivity contribution in [3.8, 4) is 6.07 Å². The van der Waals surface area contributed by atoms with Crippen LogP contribution in [0.2, 0.25) is 0 Å². The Kier molecular flexibility index (Phi) is 3.58. The van der Waals surface area contributed by atoms with E-state index in [2.05, 4.69) is 5.32 Å². The SMILES string of the molecule is CC(C#N)(N1CCCNCC1)C(F)(F)F. The fraction of sp³-hybridized carbons (Fsp3) is 0.889. The molecule has 0 aromatic rings. The lowest BCUT2D eigenvalue weighted by atomic mass is 10.0. The molecule has 1 rings (SSSR count). The quantitative estimate of drug-likeness (QED) is 0.721. The molecule has 1 saturated heterocycles. The molecule has 1 fully saturated rings. The lowest BCUT2D eigenvalue weighted by Crippen LogP contribution is -2.56. The van der Waals surface area contributed by atoms with Crippen LogP contribution in [0.4, 0.5) is 13.2 Å². The number of nitrogens with one attached hydrogen (secondary N) is 1. The highest BCUT2D eigenvalue weighted by atomic mass is 19.4. The third kappa shape index (κ3) is 2.41. The van der Waals surface area contributed by atoms with Crippen molar-refractivity contribution in [3.05, 3.63) is 0 Å². The maximum Gasteiger partial charge on any atom is 0.420 e. The van der Waals surface area contributed by atoms with Crippen molar-refractivity contribution >= 4 is 0 Å². The Balaban J connectivity index is 2.85. The van der Waals surface area contributed by atoms with Crippen molar-refractivity contribution in [1.29, 1.82) is 5.26 Å². The van der Waals surface area contributed by atoms with Crippen LogP contribution in [0, 0.1) is 11.3 Å². The van der Waals surface area contributed by atoms with Gasteiger partial charge in [-0.15, -0.1) is 0 Å². The van der Waals surface area contributed by atoms with Crippen LogP contribution in [-0.4, -0.2) is 42.8 Å². The van der Waals surface area contributed by atoms with Gasteiger partial charge in [-0.05, 0) is 19.9 Å². The van der Waals surface area contributed by atoms with Crippen LogP contribution in [-0.2, 0) is 0 Å². The van der Waals surface area contributed by atoms with Crippen LogP contribution in [0.5, 0.6) is 0 Å². The fourth-order valence-electron chi connectivity index (χ4n) is 1.61. The van der Waals surface area contributed by atoms with Gasteiger partial charge in [-0.1, -0.05) is 0 Å². The lowest BCUT2D eigenvalue weighted by Gasteiger charge is -2.36. The molecule has 0 spiro atoms. The number of halogens is 3. The number of nitrogens with zero attached hydrogens (tertiary/aromatic N) is 2. The Morgan fingerprint density at radius 1 is 1.27 bits per heavy atom. The van der Waals surface area contributed by atoms with E-state index in [0.717, 1.165) is 6.92 Å². The number of nitriles is 1. The number of hydrogen-bond donors (Lipinski definition) is 1. The van der Waals surface area contributed by atoms with Gasteiger partial charge in [0.25, 0.3) is 0 Å². The molecular weight excluding hydrogens is 207 g/mol. The monoisotopic (exact) mass is 221 g/mol. The zero-order valence-electron chi connectivity index (χ0n) is 8.56. The highest BCUT2D eigenvalue weighted by Crippen LogP contribution is 2.34. The molecule has 0 aliphatic carbocycles. The lowest BCUT2D eigenvalue weighted by molar-refractivity contribution is -0.205. The molecule has 0 bridgehead atoms. The topological polar surface area (TPSA) is 39.1 Å². The first-order valence-corrected chi connectivity index (χ1v) is 4.85. The summed E-state index contributed by atoms with van der Waals surface area (Å²) in [5.74, 6) is 0. The van der Waals surface area contributed by atoms with Gasteiger partial charge in [-0.25, -0.2) is 0 Å². The van der Waals surface area contributed by atoms with E-state index in [1.807, 2.05) is 0 Å². The minimum Gasteiger partial charge on any atom is -0.315 e. The minimum atomic E-state index is -4.51. The van der Waals surface area contributed by atoms with E-state index in [9.17, 15) is 13.2 Å². The van der Waals surface area contributed by atoms with Gasteiger partial charge in [0.15, 0.2) is 0 Å². The molecule has 1 aliphatic rings. The molecular formula is C9H14F3N3. The summed E-state index contributed by atoms with van der Waals surface area (Å²) in [6.07, 6.45) is -3.88. The normalized spacial score (nSPS) is 23.9. The first-order chi connectivity index (χ1) is 6.92. The Labute approximate surface area is 86.9 Å². The van der Waals surface area contributed by atoms with Gasteiger partial charge in [0.2, 0.25) is 5.54 Å². The number of alkyl halides is 3. The molecule has 1 unspecified atom stereocenters. The van der Waals surface area contributed by atoms with Crippen LogP contribution < -0.4 is 5.32 Å². The standard InChI is InChI=1S/C9H14F3N3/c1-8(7-13,9(10,11)12)15-5-2-3-14-4-6-15/h14H,2-6H2,1H3. The molecule has 0 saturated carbocycles. The van der Waals surface area contributed by atoms with Gasteiger partial charge in [0, 0.05) is 19.6 Å². The summed E-state index contributed by atoms with van der Waals surface area (Å²) in [6.45, 7) is 2.70. The van der Waals surface area contributed by atoms with Crippen LogP contribution in [0.15, 0.2) is 0 Å². The van der Waals surface area contributed by atoms with Gasteiger partial charge in [0.1, 0.15) is 0 Å². The molecule has 1 aliphatic heterocycles. The first-order valence-electron chi connectivity index (χ1n) is 4.85. The third-order valence-corrected chi connectivity index (χ3v) is 2.74. The second-order valence-corrected chi connectivity index (χ2v) is 3.77. The van der Waals surface area contributed by atoms with Crippen molar-refractivity contribution in [1.82, 2.24) is 10.2 Å². The molecule has 0 aromatic heterocycles. The maximum absolute atomic E-state index is 12.7. The summed E-state index contributed by atoms with van der Waals surface area (Å²) in [4.78, 5) is 1.20. The average molecular weight is 221 g/mol. The van der Waals surface area contributed by atoms with Crippen molar-refractivity contribution in [3.63, 3.8) is 0 Å². The summed E-state index contributed by atoms with van der Waals surface area (Å²) in [7, 11) is 0. The maximum atomic E-state index is 12.7. The molecule has 3 nitrogen and oxygen atoms in total. The Hall–Kier alpha value is -0.800. The predicted molar refractivity (Wildman–Crippen MR) is 49.1 cm³/mol. The summed E-state index contributed by atoms with van der Waals surface area (Å²) < 4.78 is 38.2. The van der Waals surface area contributed by atoms with E-state index in [1.165, 1.54) is 11.0 Å². The van der Waals surface area contributed by atoms with Crippen LogP contribution >= 0.6 is 0 Å². The van der Waals surface area contributed by atoms with Crippen molar-refractivity contribution < 1.29 is 13.2 Å². The van der Waals surface area contributed by atoms with E-state index in [4.69, 9.17) is 5.26 Å². The predicted octanol–water partition coefficient (Wildman–Crippen LogP) is 1.13. The van der Waals surface area contributed by atoms with Crippen molar-refractivity contribution in [2.45, 2.75) is 25.1 Å². The number of rotatable bonds is 1. The van der Waals surface area contributed by atoms with Gasteiger partial charge < -0.3 is 5.32 Å². The first kappa shape index (κ1) is 12.3. The van der Waals surface area contributed by atoms with Gasteiger partial charge >= 0.3 is 6.18 Å². The van der Waals surface area contributed by atoms with Gasteiger partial charge in [-0.2, -0.15) is 18.4 Å². The summed E-state index contributed by atoms with van der Waals surface area (Å²) in [5, 5.41) is 11.7. The van der Waals surface area contributed by atoms with Crippen LogP contribution in [0.3, 0.4) is 0 Å².